The Morgan fingerprint density at radius 3 is 1.39 bits per heavy atom. The van der Waals surface area contributed by atoms with E-state index in [4.69, 9.17) is 9.47 Å². The van der Waals surface area contributed by atoms with Crippen LogP contribution in [0.15, 0.2) is 107 Å². The molecule has 2 aliphatic rings. The van der Waals surface area contributed by atoms with Crippen molar-refractivity contribution < 1.29 is 9.47 Å². The predicted octanol–water partition coefficient (Wildman–Crippen LogP) is 10.6. The van der Waals surface area contributed by atoms with Gasteiger partial charge in [-0.3, -0.25) is 0 Å². The molecule has 5 aromatic carbocycles. The second kappa shape index (κ2) is 15.7. The molecule has 0 saturated carbocycles. The number of fused-ring (bicyclic) bond motifs is 2. The number of rotatable bonds is 13. The summed E-state index contributed by atoms with van der Waals surface area (Å²) >= 11 is 0. The van der Waals surface area contributed by atoms with Crippen LogP contribution in [0.5, 0.6) is 11.5 Å². The highest BCUT2D eigenvalue weighted by atomic mass is 32.2. The van der Waals surface area contributed by atoms with Gasteiger partial charge in [-0.25, -0.2) is 0 Å². The highest BCUT2D eigenvalue weighted by Gasteiger charge is 2.30. The molecule has 2 heterocycles. The summed E-state index contributed by atoms with van der Waals surface area (Å²) in [6.07, 6.45) is 7.36. The summed E-state index contributed by atoms with van der Waals surface area (Å²) < 4.78 is 13.0. The summed E-state index contributed by atoms with van der Waals surface area (Å²) in [6, 6.07) is 36.1. The number of benzene rings is 5. The van der Waals surface area contributed by atoms with Crippen molar-refractivity contribution in [3.05, 3.63) is 103 Å². The molecule has 2 fully saturated rings. The van der Waals surface area contributed by atoms with E-state index in [1.54, 1.807) is 0 Å². The molecular formula is C44H53NO2S2+2. The second-order valence-electron chi connectivity index (χ2n) is 14.6. The molecular weight excluding hydrogens is 639 g/mol. The zero-order chi connectivity index (χ0) is 33.6. The Kier molecular flexibility index (Phi) is 11.0. The van der Waals surface area contributed by atoms with Gasteiger partial charge in [0.25, 0.3) is 0 Å². The highest BCUT2D eigenvalue weighted by molar-refractivity contribution is 7.97. The predicted molar refractivity (Wildman–Crippen MR) is 215 cm³/mol. The van der Waals surface area contributed by atoms with E-state index in [1.165, 1.54) is 91.3 Å². The average Bonchev–Trinajstić information content (AvgIpc) is 3.86. The van der Waals surface area contributed by atoms with E-state index < -0.39 is 0 Å². The van der Waals surface area contributed by atoms with E-state index >= 15 is 0 Å². The first-order valence-corrected chi connectivity index (χ1v) is 21.6. The van der Waals surface area contributed by atoms with Gasteiger partial charge in [0, 0.05) is 62.1 Å². The van der Waals surface area contributed by atoms with Gasteiger partial charge >= 0.3 is 0 Å². The molecule has 0 N–H and O–H groups in total. The minimum Gasteiger partial charge on any atom is -0.493 e. The Balaban J connectivity index is 1.00. The van der Waals surface area contributed by atoms with E-state index in [-0.39, 0.29) is 5.41 Å². The third-order valence-electron chi connectivity index (χ3n) is 10.1. The van der Waals surface area contributed by atoms with Crippen LogP contribution in [0, 0.1) is 0 Å². The average molecular weight is 692 g/mol. The molecule has 5 aromatic rings. The van der Waals surface area contributed by atoms with Crippen molar-refractivity contribution in [2.24, 2.45) is 0 Å². The second-order valence-corrected chi connectivity index (χ2v) is 19.1. The number of hydrogen-bond acceptors (Lipinski definition) is 3. The quantitative estimate of drug-likeness (QED) is 0.0906. The van der Waals surface area contributed by atoms with E-state index in [0.717, 1.165) is 37.4 Å². The fraction of sp³-hybridized carbons (Fsp3) is 0.409. The summed E-state index contributed by atoms with van der Waals surface area (Å²) in [6.45, 7) is 10.1. The molecule has 0 atom stereocenters. The molecule has 0 amide bonds. The van der Waals surface area contributed by atoms with Crippen LogP contribution in [-0.4, -0.2) is 49.3 Å². The maximum atomic E-state index is 6.51. The van der Waals surface area contributed by atoms with Gasteiger partial charge < -0.3 is 14.4 Å². The van der Waals surface area contributed by atoms with Crippen LogP contribution in [0.1, 0.15) is 64.9 Å². The van der Waals surface area contributed by atoms with Gasteiger partial charge in [-0.2, -0.15) is 0 Å². The van der Waals surface area contributed by atoms with Gasteiger partial charge in [0.1, 0.15) is 34.5 Å². The fourth-order valence-corrected chi connectivity index (χ4v) is 12.4. The van der Waals surface area contributed by atoms with Crippen LogP contribution in [0.2, 0.25) is 0 Å². The maximum Gasteiger partial charge on any atom is 0.162 e. The smallest absolute Gasteiger partial charge is 0.162 e. The molecule has 0 unspecified atom stereocenters. The molecule has 0 radical (unpaired) electrons. The van der Waals surface area contributed by atoms with Gasteiger partial charge in [0.15, 0.2) is 9.79 Å². The Morgan fingerprint density at radius 1 is 0.531 bits per heavy atom. The van der Waals surface area contributed by atoms with Crippen LogP contribution in [0.3, 0.4) is 0 Å². The number of anilines is 1. The van der Waals surface area contributed by atoms with Crippen LogP contribution in [0.4, 0.5) is 5.69 Å². The van der Waals surface area contributed by atoms with Crippen molar-refractivity contribution >= 4 is 49.0 Å². The number of nitrogens with zero attached hydrogens (tertiary/aromatic N) is 1. The van der Waals surface area contributed by atoms with Gasteiger partial charge in [0.2, 0.25) is 0 Å². The fourth-order valence-electron chi connectivity index (χ4n) is 7.41. The first-order valence-electron chi connectivity index (χ1n) is 18.5. The standard InChI is InChI=1S/C44H53NO2S2/c1-44(2,3)34-18-20-35(21-19-34)45(26-12-28-46-40-22-24-42(48-30-8-9-31-48)38-16-6-4-14-36(38)40)27-13-29-47-41-23-25-43(49-32-10-11-33-49)39-17-7-5-15-37(39)41/h4-7,14-25H,8-13,26-33H2,1-3H3/q+2. The SMILES string of the molecule is CC(C)(C)c1ccc(N(CCCOc2ccc([S+]3CCCC3)c3ccccc23)CCCOc2ccc([S+]3CCCC3)c3ccccc23)cc1. The van der Waals surface area contributed by atoms with Crippen LogP contribution in [-0.2, 0) is 27.2 Å². The lowest BCUT2D eigenvalue weighted by atomic mass is 9.87. The topological polar surface area (TPSA) is 21.7 Å². The van der Waals surface area contributed by atoms with Crippen molar-refractivity contribution in [1.82, 2.24) is 0 Å². The van der Waals surface area contributed by atoms with Gasteiger partial charge in [-0.1, -0.05) is 69.3 Å². The summed E-state index contributed by atoms with van der Waals surface area (Å²) in [7, 11) is 0.773. The van der Waals surface area contributed by atoms with Gasteiger partial charge in [0.05, 0.1) is 13.2 Å². The van der Waals surface area contributed by atoms with Crippen LogP contribution in [0.25, 0.3) is 21.5 Å². The molecule has 49 heavy (non-hydrogen) atoms. The molecule has 0 aliphatic carbocycles. The Labute approximate surface area is 300 Å². The van der Waals surface area contributed by atoms with Gasteiger partial charge in [-0.05, 0) is 98.0 Å². The largest absolute Gasteiger partial charge is 0.493 e. The summed E-state index contributed by atoms with van der Waals surface area (Å²) in [4.78, 5) is 5.58. The monoisotopic (exact) mass is 691 g/mol. The molecule has 0 bridgehead atoms. The third-order valence-corrected chi connectivity index (χ3v) is 15.2. The first-order chi connectivity index (χ1) is 24.0. The van der Waals surface area contributed by atoms with Crippen LogP contribution >= 0.6 is 0 Å². The minimum atomic E-state index is 0.137. The van der Waals surface area contributed by atoms with Crippen molar-refractivity contribution in [1.29, 1.82) is 0 Å². The highest BCUT2D eigenvalue weighted by Crippen LogP contribution is 2.36. The third kappa shape index (κ3) is 8.05. The molecule has 3 nitrogen and oxygen atoms in total. The zero-order valence-electron chi connectivity index (χ0n) is 29.7. The normalized spacial score (nSPS) is 15.7. The zero-order valence-corrected chi connectivity index (χ0v) is 31.4. The Bertz CT molecular complexity index is 1730. The maximum absolute atomic E-state index is 6.51. The lowest BCUT2D eigenvalue weighted by Crippen LogP contribution is -2.28. The van der Waals surface area contributed by atoms with E-state index in [0.29, 0.717) is 35.0 Å². The first kappa shape index (κ1) is 34.2. The summed E-state index contributed by atoms with van der Waals surface area (Å²) in [5, 5.41) is 5.28. The van der Waals surface area contributed by atoms with E-state index in [2.05, 4.69) is 123 Å². The van der Waals surface area contributed by atoms with Crippen molar-refractivity contribution in [2.45, 2.75) is 74.5 Å². The lowest BCUT2D eigenvalue weighted by Gasteiger charge is -2.27. The minimum absolute atomic E-state index is 0.137. The molecule has 2 aliphatic heterocycles. The molecule has 0 aromatic heterocycles. The summed E-state index contributed by atoms with van der Waals surface area (Å²) in [5.74, 6) is 7.39. The molecule has 7 rings (SSSR count). The Morgan fingerprint density at radius 2 is 0.959 bits per heavy atom. The molecule has 0 spiro atoms. The molecule has 256 valence electrons. The molecule has 2 saturated heterocycles. The summed E-state index contributed by atoms with van der Waals surface area (Å²) in [5.41, 5.74) is 2.77. The lowest BCUT2D eigenvalue weighted by molar-refractivity contribution is 0.307. The van der Waals surface area contributed by atoms with Crippen LogP contribution < -0.4 is 14.4 Å². The van der Waals surface area contributed by atoms with Gasteiger partial charge in [-0.15, -0.1) is 0 Å². The van der Waals surface area contributed by atoms with Crippen molar-refractivity contribution in [3.8, 4) is 11.5 Å². The van der Waals surface area contributed by atoms with Crippen molar-refractivity contribution in [2.75, 3.05) is 54.2 Å². The van der Waals surface area contributed by atoms with E-state index in [1.807, 2.05) is 0 Å². The number of hydrogen-bond donors (Lipinski definition) is 0. The Hall–Kier alpha value is -3.28. The molecule has 5 heteroatoms. The number of ether oxygens (including phenoxy) is 2. The van der Waals surface area contributed by atoms with E-state index in [9.17, 15) is 0 Å². The van der Waals surface area contributed by atoms with Crippen molar-refractivity contribution in [3.63, 3.8) is 0 Å².